The average Bonchev–Trinajstić information content (AvgIpc) is 2.76. The lowest BCUT2D eigenvalue weighted by molar-refractivity contribution is 0.815. The summed E-state index contributed by atoms with van der Waals surface area (Å²) < 4.78 is 2.06. The number of pyridine rings is 1. The van der Waals surface area contributed by atoms with Crippen molar-refractivity contribution < 1.29 is 0 Å². The number of nitrogens with zero attached hydrogens (tertiary/aromatic N) is 4. The maximum absolute atomic E-state index is 4.65. The van der Waals surface area contributed by atoms with Gasteiger partial charge < -0.3 is 9.88 Å². The minimum atomic E-state index is 0.779. The molecule has 0 aliphatic heterocycles. The van der Waals surface area contributed by atoms with E-state index < -0.39 is 0 Å². The van der Waals surface area contributed by atoms with Gasteiger partial charge in [-0.3, -0.25) is 4.98 Å². The summed E-state index contributed by atoms with van der Waals surface area (Å²) in [4.78, 5) is 13.3. The molecule has 3 rings (SSSR count). The predicted molar refractivity (Wildman–Crippen MR) is 79.2 cm³/mol. The zero-order chi connectivity index (χ0) is 14.1. The van der Waals surface area contributed by atoms with Crippen LogP contribution >= 0.6 is 0 Å². The van der Waals surface area contributed by atoms with E-state index in [0.717, 1.165) is 34.7 Å². The molecule has 20 heavy (non-hydrogen) atoms. The van der Waals surface area contributed by atoms with Gasteiger partial charge in [0.25, 0.3) is 0 Å². The molecule has 3 aromatic heterocycles. The van der Waals surface area contributed by atoms with Crippen LogP contribution < -0.4 is 5.32 Å². The van der Waals surface area contributed by atoms with Gasteiger partial charge in [0.2, 0.25) is 0 Å². The number of aromatic nitrogens is 4. The van der Waals surface area contributed by atoms with Crippen molar-refractivity contribution in [1.29, 1.82) is 0 Å². The quantitative estimate of drug-likeness (QED) is 0.789. The number of rotatable bonds is 3. The van der Waals surface area contributed by atoms with Gasteiger partial charge in [0, 0.05) is 43.1 Å². The fourth-order valence-electron chi connectivity index (χ4n) is 2.51. The van der Waals surface area contributed by atoms with Gasteiger partial charge >= 0.3 is 0 Å². The molecule has 0 radical (unpaired) electrons. The maximum atomic E-state index is 4.65. The minimum Gasteiger partial charge on any atom is -0.335 e. The molecule has 0 atom stereocenters. The lowest BCUT2D eigenvalue weighted by atomic mass is 10.1. The molecular formula is C15H17N5. The summed E-state index contributed by atoms with van der Waals surface area (Å²) in [6, 6.07) is 3.97. The van der Waals surface area contributed by atoms with Crippen LogP contribution in [0, 0.1) is 6.92 Å². The van der Waals surface area contributed by atoms with Gasteiger partial charge in [0.15, 0.2) is 0 Å². The largest absolute Gasteiger partial charge is 0.335 e. The molecular weight excluding hydrogens is 250 g/mol. The number of aryl methyl sites for hydroxylation is 2. The summed E-state index contributed by atoms with van der Waals surface area (Å²) >= 11 is 0. The highest BCUT2D eigenvalue weighted by Gasteiger charge is 2.15. The highest BCUT2D eigenvalue weighted by Crippen LogP contribution is 2.29. The molecule has 0 aromatic carbocycles. The Morgan fingerprint density at radius 2 is 1.95 bits per heavy atom. The van der Waals surface area contributed by atoms with Crippen LogP contribution in [-0.4, -0.2) is 26.6 Å². The summed E-state index contributed by atoms with van der Waals surface area (Å²) in [6.07, 6.45) is 5.69. The Bertz CT molecular complexity index is 746. The van der Waals surface area contributed by atoms with Crippen LogP contribution in [0.15, 0.2) is 30.7 Å². The molecule has 0 amide bonds. The van der Waals surface area contributed by atoms with Crippen LogP contribution in [0.5, 0.6) is 0 Å². The molecule has 3 aromatic rings. The lowest BCUT2D eigenvalue weighted by Gasteiger charge is -2.06. The number of nitrogens with one attached hydrogen (secondary N) is 1. The SMILES string of the molecule is CNCc1cn(C)c2nc(C)nc(-c3ccncc3)c12. The number of hydrogen-bond donors (Lipinski definition) is 1. The summed E-state index contributed by atoms with van der Waals surface area (Å²) in [5, 5.41) is 4.31. The second-order valence-electron chi connectivity index (χ2n) is 4.85. The van der Waals surface area contributed by atoms with E-state index in [4.69, 9.17) is 0 Å². The number of hydrogen-bond acceptors (Lipinski definition) is 4. The van der Waals surface area contributed by atoms with E-state index in [9.17, 15) is 0 Å². The van der Waals surface area contributed by atoms with Crippen molar-refractivity contribution >= 4 is 11.0 Å². The molecule has 0 spiro atoms. The van der Waals surface area contributed by atoms with Crippen molar-refractivity contribution in [3.63, 3.8) is 0 Å². The highest BCUT2D eigenvalue weighted by atomic mass is 15.0. The van der Waals surface area contributed by atoms with E-state index in [0.29, 0.717) is 0 Å². The van der Waals surface area contributed by atoms with Gasteiger partial charge in [0.05, 0.1) is 5.69 Å². The second kappa shape index (κ2) is 5.02. The van der Waals surface area contributed by atoms with Gasteiger partial charge in [0.1, 0.15) is 11.5 Å². The zero-order valence-corrected chi connectivity index (χ0v) is 11.9. The molecule has 0 fully saturated rings. The normalized spacial score (nSPS) is 11.2. The third-order valence-corrected chi connectivity index (χ3v) is 3.33. The molecule has 102 valence electrons. The standard InChI is InChI=1S/C15H17N5/c1-10-18-14(11-4-6-17-7-5-11)13-12(8-16-2)9-20(3)15(13)19-10/h4-7,9,16H,8H2,1-3H3. The van der Waals surface area contributed by atoms with E-state index in [1.807, 2.05) is 33.2 Å². The van der Waals surface area contributed by atoms with Crippen molar-refractivity contribution in [3.8, 4) is 11.3 Å². The van der Waals surface area contributed by atoms with Gasteiger partial charge in [-0.05, 0) is 31.7 Å². The smallest absolute Gasteiger partial charge is 0.144 e. The van der Waals surface area contributed by atoms with Crippen molar-refractivity contribution in [3.05, 3.63) is 42.1 Å². The molecule has 5 heteroatoms. The van der Waals surface area contributed by atoms with Crippen molar-refractivity contribution in [2.24, 2.45) is 7.05 Å². The molecule has 0 aliphatic carbocycles. The fraction of sp³-hybridized carbons (Fsp3) is 0.267. The van der Waals surface area contributed by atoms with Crippen LogP contribution in [0.2, 0.25) is 0 Å². The third-order valence-electron chi connectivity index (χ3n) is 3.33. The van der Waals surface area contributed by atoms with Gasteiger partial charge in [-0.2, -0.15) is 0 Å². The van der Waals surface area contributed by atoms with Crippen LogP contribution in [0.25, 0.3) is 22.3 Å². The summed E-state index contributed by atoms with van der Waals surface area (Å²) in [5.74, 6) is 0.779. The van der Waals surface area contributed by atoms with Crippen LogP contribution in [-0.2, 0) is 13.6 Å². The summed E-state index contributed by atoms with van der Waals surface area (Å²) in [5.41, 5.74) is 4.21. The third kappa shape index (κ3) is 2.06. The zero-order valence-electron chi connectivity index (χ0n) is 11.9. The number of fused-ring (bicyclic) bond motifs is 1. The molecule has 0 unspecified atom stereocenters. The first-order valence-electron chi connectivity index (χ1n) is 6.58. The molecule has 0 bridgehead atoms. The van der Waals surface area contributed by atoms with Crippen LogP contribution in [0.3, 0.4) is 0 Å². The molecule has 0 saturated heterocycles. The van der Waals surface area contributed by atoms with E-state index >= 15 is 0 Å². The van der Waals surface area contributed by atoms with Crippen molar-refractivity contribution in [1.82, 2.24) is 24.8 Å². The van der Waals surface area contributed by atoms with Crippen molar-refractivity contribution in [2.45, 2.75) is 13.5 Å². The lowest BCUT2D eigenvalue weighted by Crippen LogP contribution is -2.05. The van der Waals surface area contributed by atoms with Crippen LogP contribution in [0.4, 0.5) is 0 Å². The van der Waals surface area contributed by atoms with E-state index in [-0.39, 0.29) is 0 Å². The highest BCUT2D eigenvalue weighted by molar-refractivity contribution is 5.94. The van der Waals surface area contributed by atoms with Gasteiger partial charge in [-0.25, -0.2) is 9.97 Å². The van der Waals surface area contributed by atoms with Gasteiger partial charge in [-0.15, -0.1) is 0 Å². The monoisotopic (exact) mass is 267 g/mol. The Labute approximate surface area is 117 Å². The van der Waals surface area contributed by atoms with E-state index in [1.54, 1.807) is 12.4 Å². The summed E-state index contributed by atoms with van der Waals surface area (Å²) in [6.45, 7) is 2.72. The Morgan fingerprint density at radius 1 is 1.20 bits per heavy atom. The first-order valence-corrected chi connectivity index (χ1v) is 6.58. The predicted octanol–water partition coefficient (Wildman–Crippen LogP) is 2.06. The first kappa shape index (κ1) is 12.7. The Morgan fingerprint density at radius 3 is 2.65 bits per heavy atom. The van der Waals surface area contributed by atoms with Gasteiger partial charge in [-0.1, -0.05) is 0 Å². The molecule has 0 aliphatic rings. The van der Waals surface area contributed by atoms with E-state index in [2.05, 4.69) is 31.0 Å². The topological polar surface area (TPSA) is 55.6 Å². The molecule has 3 heterocycles. The molecule has 0 saturated carbocycles. The Hall–Kier alpha value is -2.27. The maximum Gasteiger partial charge on any atom is 0.144 e. The molecule has 5 nitrogen and oxygen atoms in total. The van der Waals surface area contributed by atoms with E-state index in [1.165, 1.54) is 5.56 Å². The van der Waals surface area contributed by atoms with Crippen LogP contribution in [0.1, 0.15) is 11.4 Å². The Balaban J connectivity index is 2.35. The fourth-order valence-corrected chi connectivity index (χ4v) is 2.51. The first-order chi connectivity index (χ1) is 9.70. The minimum absolute atomic E-state index is 0.779. The van der Waals surface area contributed by atoms with Crippen molar-refractivity contribution in [2.75, 3.05) is 7.05 Å². The molecule has 1 N–H and O–H groups in total. The second-order valence-corrected chi connectivity index (χ2v) is 4.85. The Kier molecular flexibility index (Phi) is 3.20. The average molecular weight is 267 g/mol. The summed E-state index contributed by atoms with van der Waals surface area (Å²) in [7, 11) is 3.96.